The van der Waals surface area contributed by atoms with Crippen LogP contribution < -0.4 is 20.7 Å². The fraction of sp³-hybridized carbons (Fsp3) is 0.447. The van der Waals surface area contributed by atoms with Crippen LogP contribution in [-0.4, -0.2) is 78.9 Å². The summed E-state index contributed by atoms with van der Waals surface area (Å²) in [6.45, 7) is 4.94. The van der Waals surface area contributed by atoms with Crippen molar-refractivity contribution < 1.29 is 29.0 Å². The van der Waals surface area contributed by atoms with Gasteiger partial charge in [-0.15, -0.1) is 0 Å². The van der Waals surface area contributed by atoms with Gasteiger partial charge in [0.05, 0.1) is 26.4 Å². The number of ether oxygens (including phenoxy) is 2. The minimum absolute atomic E-state index is 0.185. The number of hydrogen-bond acceptors (Lipinski definition) is 7. The monoisotopic (exact) mass is 658 g/mol. The molecule has 4 rings (SSSR count). The van der Waals surface area contributed by atoms with Crippen molar-refractivity contribution in [3.63, 3.8) is 0 Å². The van der Waals surface area contributed by atoms with Crippen LogP contribution in [0.3, 0.4) is 0 Å². The number of aliphatic hydroxyl groups excluding tert-OH is 1. The molecular weight excluding hydrogens is 608 g/mol. The van der Waals surface area contributed by atoms with E-state index in [4.69, 9.17) is 9.47 Å². The van der Waals surface area contributed by atoms with E-state index in [2.05, 4.69) is 16.0 Å². The molecule has 0 radical (unpaired) electrons. The highest BCUT2D eigenvalue weighted by atomic mass is 16.5. The van der Waals surface area contributed by atoms with Crippen LogP contribution in [0.4, 0.5) is 4.79 Å². The number of nitrogens with zero attached hydrogens (tertiary/aromatic N) is 1. The highest BCUT2D eigenvalue weighted by molar-refractivity contribution is 5.96. The van der Waals surface area contributed by atoms with Crippen molar-refractivity contribution in [2.45, 2.75) is 76.2 Å². The molecule has 1 aliphatic rings. The van der Waals surface area contributed by atoms with Crippen molar-refractivity contribution in [1.29, 1.82) is 0 Å². The Kier molecular flexibility index (Phi) is 13.4. The molecule has 48 heavy (non-hydrogen) atoms. The maximum atomic E-state index is 14.3. The number of hydrogen-bond donors (Lipinski definition) is 4. The van der Waals surface area contributed by atoms with E-state index in [1.807, 2.05) is 98.8 Å². The van der Waals surface area contributed by atoms with Gasteiger partial charge in [0.25, 0.3) is 0 Å². The van der Waals surface area contributed by atoms with Crippen molar-refractivity contribution in [3.8, 4) is 5.75 Å². The normalized spacial score (nSPS) is 18.4. The molecule has 0 bridgehead atoms. The Labute approximate surface area is 284 Å². The Hall–Kier alpha value is -4.41. The zero-order valence-electron chi connectivity index (χ0n) is 28.5. The zero-order chi connectivity index (χ0) is 34.5. The number of methoxy groups -OCH3 is 2. The number of aryl methyl sites for hydroxylation is 1. The van der Waals surface area contributed by atoms with Gasteiger partial charge in [0.2, 0.25) is 11.8 Å². The first-order valence-electron chi connectivity index (χ1n) is 16.8. The Balaban J connectivity index is 1.57. The smallest absolute Gasteiger partial charge is 0.407 e. The van der Waals surface area contributed by atoms with Crippen LogP contribution in [0.5, 0.6) is 5.75 Å². The first-order chi connectivity index (χ1) is 23.2. The van der Waals surface area contributed by atoms with Gasteiger partial charge in [-0.1, -0.05) is 93.1 Å². The molecule has 3 aromatic rings. The van der Waals surface area contributed by atoms with Crippen LogP contribution in [0.1, 0.15) is 49.8 Å². The topological polar surface area (TPSA) is 129 Å². The van der Waals surface area contributed by atoms with Gasteiger partial charge in [0.15, 0.2) is 0 Å². The predicted molar refractivity (Wildman–Crippen MR) is 185 cm³/mol. The van der Waals surface area contributed by atoms with Crippen LogP contribution in [0, 0.1) is 5.92 Å². The SMILES string of the molecule is CC[C@H](C)[C@@]1(NC(=O)OC)CCN([C@H](CCc2ccccc2)C(=O)N[C@@H](Cc2ccccc2)C(O)CNCc2cccc(OC)c2)C1=O. The van der Waals surface area contributed by atoms with E-state index in [1.165, 1.54) is 7.11 Å². The van der Waals surface area contributed by atoms with Gasteiger partial charge in [-0.25, -0.2) is 4.79 Å². The van der Waals surface area contributed by atoms with Gasteiger partial charge >= 0.3 is 6.09 Å². The lowest BCUT2D eigenvalue weighted by molar-refractivity contribution is -0.142. The highest BCUT2D eigenvalue weighted by Crippen LogP contribution is 2.34. The largest absolute Gasteiger partial charge is 0.497 e. The van der Waals surface area contributed by atoms with Crippen LogP contribution in [-0.2, 0) is 33.7 Å². The lowest BCUT2D eigenvalue weighted by Gasteiger charge is -2.36. The van der Waals surface area contributed by atoms with E-state index in [0.29, 0.717) is 45.2 Å². The molecule has 258 valence electrons. The maximum Gasteiger partial charge on any atom is 0.407 e. The summed E-state index contributed by atoms with van der Waals surface area (Å²) in [5.41, 5.74) is 1.83. The van der Waals surface area contributed by atoms with Crippen LogP contribution >= 0.6 is 0 Å². The Morgan fingerprint density at radius 3 is 2.27 bits per heavy atom. The van der Waals surface area contributed by atoms with E-state index in [0.717, 1.165) is 22.4 Å². The number of likely N-dealkylation sites (tertiary alicyclic amines) is 1. The minimum atomic E-state index is -1.18. The number of aliphatic hydroxyl groups is 1. The molecule has 1 unspecified atom stereocenters. The molecule has 5 atom stereocenters. The van der Waals surface area contributed by atoms with Crippen molar-refractivity contribution in [2.24, 2.45) is 5.92 Å². The summed E-state index contributed by atoms with van der Waals surface area (Å²) in [5, 5.41) is 20.8. The number of benzene rings is 3. The summed E-state index contributed by atoms with van der Waals surface area (Å²) in [6.07, 6.45) is 0.741. The number of carbonyl (C=O) groups is 3. The van der Waals surface area contributed by atoms with Gasteiger partial charge in [0, 0.05) is 19.6 Å². The third-order valence-corrected chi connectivity index (χ3v) is 9.49. The first kappa shape index (κ1) is 36.4. The number of carbonyl (C=O) groups excluding carboxylic acids is 3. The lowest BCUT2D eigenvalue weighted by Crippen LogP contribution is -2.61. The second-order valence-electron chi connectivity index (χ2n) is 12.5. The molecule has 10 heteroatoms. The molecule has 3 aromatic carbocycles. The van der Waals surface area contributed by atoms with Crippen LogP contribution in [0.25, 0.3) is 0 Å². The predicted octanol–water partition coefficient (Wildman–Crippen LogP) is 4.25. The molecule has 4 N–H and O–H groups in total. The second-order valence-corrected chi connectivity index (χ2v) is 12.5. The van der Waals surface area contributed by atoms with E-state index >= 15 is 0 Å². The number of alkyl carbamates (subject to hydrolysis) is 1. The van der Waals surface area contributed by atoms with Crippen molar-refractivity contribution in [3.05, 3.63) is 102 Å². The maximum absolute atomic E-state index is 14.3. The van der Waals surface area contributed by atoms with Gasteiger partial charge in [-0.05, 0) is 60.4 Å². The van der Waals surface area contributed by atoms with Crippen LogP contribution in [0.2, 0.25) is 0 Å². The van der Waals surface area contributed by atoms with Gasteiger partial charge < -0.3 is 35.4 Å². The fourth-order valence-corrected chi connectivity index (χ4v) is 6.43. The van der Waals surface area contributed by atoms with Gasteiger partial charge in [-0.3, -0.25) is 9.59 Å². The summed E-state index contributed by atoms with van der Waals surface area (Å²) < 4.78 is 10.2. The Bertz CT molecular complexity index is 1470. The van der Waals surface area contributed by atoms with E-state index in [9.17, 15) is 19.5 Å². The third kappa shape index (κ3) is 9.35. The van der Waals surface area contributed by atoms with Gasteiger partial charge in [-0.2, -0.15) is 0 Å². The second kappa shape index (κ2) is 17.7. The van der Waals surface area contributed by atoms with Gasteiger partial charge in [0.1, 0.15) is 17.3 Å². The molecule has 0 saturated carbocycles. The molecule has 1 heterocycles. The lowest BCUT2D eigenvalue weighted by atomic mass is 9.82. The third-order valence-electron chi connectivity index (χ3n) is 9.49. The molecule has 1 saturated heterocycles. The highest BCUT2D eigenvalue weighted by Gasteiger charge is 2.53. The Morgan fingerprint density at radius 2 is 1.62 bits per heavy atom. The summed E-state index contributed by atoms with van der Waals surface area (Å²) in [6, 6.07) is 25.8. The molecule has 0 aromatic heterocycles. The van der Waals surface area contributed by atoms with Crippen molar-refractivity contribution in [2.75, 3.05) is 27.3 Å². The van der Waals surface area contributed by atoms with E-state index in [1.54, 1.807) is 12.0 Å². The molecule has 10 nitrogen and oxygen atoms in total. The molecule has 1 fully saturated rings. The van der Waals surface area contributed by atoms with Crippen molar-refractivity contribution in [1.82, 2.24) is 20.9 Å². The van der Waals surface area contributed by atoms with Crippen molar-refractivity contribution >= 4 is 17.9 Å². The number of nitrogens with one attached hydrogen (secondary N) is 3. The van der Waals surface area contributed by atoms with E-state index in [-0.39, 0.29) is 24.3 Å². The Morgan fingerprint density at radius 1 is 0.958 bits per heavy atom. The average Bonchev–Trinajstić information content (AvgIpc) is 3.44. The van der Waals surface area contributed by atoms with E-state index < -0.39 is 29.8 Å². The quantitative estimate of drug-likeness (QED) is 0.171. The minimum Gasteiger partial charge on any atom is -0.497 e. The standard InChI is InChI=1S/C38H50N4O6/c1-5-27(2)38(41-37(46)48-4)21-22-42(36(38)45)33(20-19-28-13-8-6-9-14-28)35(44)40-32(24-29-15-10-7-11-16-29)34(43)26-39-25-30-17-12-18-31(23-30)47-3/h6-18,23,27,32-34,39,43H,5,19-22,24-26H2,1-4H3,(H,40,44)(H,41,46)/t27-,32-,33+,34?,38-/m0/s1. The fourth-order valence-electron chi connectivity index (χ4n) is 6.43. The number of amides is 3. The summed E-state index contributed by atoms with van der Waals surface area (Å²) in [7, 11) is 2.90. The summed E-state index contributed by atoms with van der Waals surface area (Å²) >= 11 is 0. The summed E-state index contributed by atoms with van der Waals surface area (Å²) in [5.74, 6) is -0.0721. The molecular formula is C38H50N4O6. The first-order valence-corrected chi connectivity index (χ1v) is 16.8. The molecule has 0 spiro atoms. The molecule has 1 aliphatic heterocycles. The molecule has 3 amide bonds. The average molecular weight is 659 g/mol. The van der Waals surface area contributed by atoms with Crippen LogP contribution in [0.15, 0.2) is 84.9 Å². The number of rotatable bonds is 17. The zero-order valence-corrected chi connectivity index (χ0v) is 28.5. The molecule has 0 aliphatic carbocycles. The summed E-state index contributed by atoms with van der Waals surface area (Å²) in [4.78, 5) is 42.7.